The number of rotatable bonds is 3. The summed E-state index contributed by atoms with van der Waals surface area (Å²) in [6.07, 6.45) is 0.0432. The molecule has 4 nitrogen and oxygen atoms in total. The molecular weight excluding hydrogens is 178 g/mol. The van der Waals surface area contributed by atoms with Gasteiger partial charge in [-0.2, -0.15) is 0 Å². The van der Waals surface area contributed by atoms with E-state index in [0.29, 0.717) is 6.42 Å². The quantitative estimate of drug-likeness (QED) is 0.577. The highest BCUT2D eigenvalue weighted by atomic mass is 32.1. The first kappa shape index (κ1) is 9.15. The van der Waals surface area contributed by atoms with Crippen LogP contribution in [-0.2, 0) is 6.42 Å². The van der Waals surface area contributed by atoms with Crippen molar-refractivity contribution >= 4 is 16.3 Å². The van der Waals surface area contributed by atoms with Crippen molar-refractivity contribution in [2.24, 2.45) is 0 Å². The van der Waals surface area contributed by atoms with Crippen LogP contribution in [0.15, 0.2) is 12.1 Å². The maximum Gasteiger partial charge on any atom is 0.324 e. The predicted molar refractivity (Wildman–Crippen MR) is 46.4 cm³/mol. The summed E-state index contributed by atoms with van der Waals surface area (Å²) in [7, 11) is 0. The van der Waals surface area contributed by atoms with Gasteiger partial charge < -0.3 is 5.11 Å². The van der Waals surface area contributed by atoms with E-state index in [1.54, 1.807) is 13.0 Å². The minimum Gasteiger partial charge on any atom is -0.393 e. The average Bonchev–Trinajstić information content (AvgIpc) is 2.34. The van der Waals surface area contributed by atoms with Gasteiger partial charge in [-0.05, 0) is 13.0 Å². The van der Waals surface area contributed by atoms with E-state index < -0.39 is 11.0 Å². The molecule has 1 aromatic rings. The zero-order valence-electron chi connectivity index (χ0n) is 6.56. The highest BCUT2D eigenvalue weighted by Crippen LogP contribution is 2.24. The minimum atomic E-state index is -0.441. The van der Waals surface area contributed by atoms with Crippen molar-refractivity contribution in [1.82, 2.24) is 0 Å². The molecule has 0 aliphatic heterocycles. The Morgan fingerprint density at radius 3 is 2.83 bits per heavy atom. The molecule has 0 aliphatic rings. The molecule has 0 bridgehead atoms. The van der Waals surface area contributed by atoms with Crippen LogP contribution in [0.1, 0.15) is 11.8 Å². The number of thiophene rings is 1. The van der Waals surface area contributed by atoms with Gasteiger partial charge in [0.2, 0.25) is 0 Å². The highest BCUT2D eigenvalue weighted by molar-refractivity contribution is 7.15. The second-order valence-corrected chi connectivity index (χ2v) is 3.70. The Morgan fingerprint density at radius 2 is 2.42 bits per heavy atom. The topological polar surface area (TPSA) is 63.4 Å². The first-order chi connectivity index (χ1) is 5.59. The summed E-state index contributed by atoms with van der Waals surface area (Å²) in [6.45, 7) is 1.66. The number of nitro groups is 1. The van der Waals surface area contributed by atoms with Crippen LogP contribution in [0.4, 0.5) is 5.00 Å². The zero-order chi connectivity index (χ0) is 9.14. The number of aliphatic hydroxyl groups excluding tert-OH is 1. The maximum absolute atomic E-state index is 10.3. The Balaban J connectivity index is 2.71. The van der Waals surface area contributed by atoms with Gasteiger partial charge >= 0.3 is 5.00 Å². The van der Waals surface area contributed by atoms with Crippen molar-refractivity contribution in [3.05, 3.63) is 27.1 Å². The van der Waals surface area contributed by atoms with Crippen molar-refractivity contribution in [3.63, 3.8) is 0 Å². The molecule has 1 heterocycles. The summed E-state index contributed by atoms with van der Waals surface area (Å²) in [6, 6.07) is 3.14. The average molecular weight is 187 g/mol. The fraction of sp³-hybridized carbons (Fsp3) is 0.429. The van der Waals surface area contributed by atoms with Crippen LogP contribution in [0.2, 0.25) is 0 Å². The third-order valence-corrected chi connectivity index (χ3v) is 2.38. The van der Waals surface area contributed by atoms with Gasteiger partial charge in [-0.3, -0.25) is 10.1 Å². The summed E-state index contributed by atoms with van der Waals surface area (Å²) in [5.74, 6) is 0. The van der Waals surface area contributed by atoms with Crippen molar-refractivity contribution < 1.29 is 10.0 Å². The lowest BCUT2D eigenvalue weighted by Gasteiger charge is -1.97. The molecule has 1 rings (SSSR count). The van der Waals surface area contributed by atoms with Crippen molar-refractivity contribution in [2.45, 2.75) is 19.4 Å². The Bertz CT molecular complexity index is 282. The van der Waals surface area contributed by atoms with E-state index in [1.807, 2.05) is 0 Å². The fourth-order valence-electron chi connectivity index (χ4n) is 0.866. The Labute approximate surface area is 73.6 Å². The van der Waals surface area contributed by atoms with E-state index in [1.165, 1.54) is 6.07 Å². The summed E-state index contributed by atoms with van der Waals surface area (Å²) >= 11 is 1.11. The largest absolute Gasteiger partial charge is 0.393 e. The van der Waals surface area contributed by atoms with Gasteiger partial charge in [0, 0.05) is 17.4 Å². The molecule has 0 radical (unpaired) electrons. The van der Waals surface area contributed by atoms with Crippen LogP contribution in [-0.4, -0.2) is 16.1 Å². The van der Waals surface area contributed by atoms with Crippen LogP contribution in [0, 0.1) is 10.1 Å². The summed E-state index contributed by atoms with van der Waals surface area (Å²) in [4.78, 5) is 10.7. The van der Waals surface area contributed by atoms with Gasteiger partial charge in [-0.1, -0.05) is 11.3 Å². The summed E-state index contributed by atoms with van der Waals surface area (Å²) in [5.41, 5.74) is 0. The normalized spacial score (nSPS) is 12.8. The first-order valence-corrected chi connectivity index (χ1v) is 4.32. The third-order valence-electron chi connectivity index (χ3n) is 1.32. The second kappa shape index (κ2) is 3.64. The third kappa shape index (κ3) is 2.28. The molecule has 5 heteroatoms. The fourth-order valence-corrected chi connectivity index (χ4v) is 1.81. The lowest BCUT2D eigenvalue weighted by atomic mass is 10.2. The highest BCUT2D eigenvalue weighted by Gasteiger charge is 2.10. The number of aliphatic hydroxyl groups is 1. The van der Waals surface area contributed by atoms with Gasteiger partial charge in [-0.15, -0.1) is 0 Å². The van der Waals surface area contributed by atoms with E-state index in [0.717, 1.165) is 16.2 Å². The SMILES string of the molecule is CC(O)Cc1ccc([N+](=O)[O-])s1. The first-order valence-electron chi connectivity index (χ1n) is 3.51. The Hall–Kier alpha value is -0.940. The molecule has 1 N–H and O–H groups in total. The van der Waals surface area contributed by atoms with Gasteiger partial charge in [0.25, 0.3) is 0 Å². The molecule has 0 saturated carbocycles. The van der Waals surface area contributed by atoms with Crippen LogP contribution in [0.25, 0.3) is 0 Å². The van der Waals surface area contributed by atoms with E-state index in [9.17, 15) is 10.1 Å². The van der Waals surface area contributed by atoms with Gasteiger partial charge in [0.1, 0.15) is 0 Å². The molecule has 0 aromatic carbocycles. The summed E-state index contributed by atoms with van der Waals surface area (Å²) < 4.78 is 0. The van der Waals surface area contributed by atoms with E-state index >= 15 is 0 Å². The lowest BCUT2D eigenvalue weighted by Crippen LogP contribution is -2.01. The number of nitrogens with zero attached hydrogens (tertiary/aromatic N) is 1. The molecule has 66 valence electrons. The molecule has 0 saturated heterocycles. The standard InChI is InChI=1S/C7H9NO3S/c1-5(9)4-6-2-3-7(12-6)8(10)11/h2-3,5,9H,4H2,1H3. The van der Waals surface area contributed by atoms with E-state index in [2.05, 4.69) is 0 Å². The van der Waals surface area contributed by atoms with Gasteiger partial charge in [-0.25, -0.2) is 0 Å². The molecule has 1 aromatic heterocycles. The monoisotopic (exact) mass is 187 g/mol. The molecule has 0 fully saturated rings. The molecule has 1 atom stereocenters. The molecule has 0 amide bonds. The molecule has 1 unspecified atom stereocenters. The minimum absolute atomic E-state index is 0.130. The number of hydrogen-bond donors (Lipinski definition) is 1. The zero-order valence-corrected chi connectivity index (χ0v) is 7.37. The molecule has 0 aliphatic carbocycles. The van der Waals surface area contributed by atoms with Gasteiger partial charge in [0.05, 0.1) is 11.0 Å². The molecule has 12 heavy (non-hydrogen) atoms. The van der Waals surface area contributed by atoms with E-state index in [4.69, 9.17) is 5.11 Å². The van der Waals surface area contributed by atoms with Crippen molar-refractivity contribution in [3.8, 4) is 0 Å². The maximum atomic E-state index is 10.3. The Morgan fingerprint density at radius 1 is 1.75 bits per heavy atom. The second-order valence-electron chi connectivity index (χ2n) is 2.55. The predicted octanol–water partition coefficient (Wildman–Crippen LogP) is 1.58. The molecule has 0 spiro atoms. The number of hydrogen-bond acceptors (Lipinski definition) is 4. The Kier molecular flexibility index (Phi) is 2.78. The molecular formula is C7H9NO3S. The van der Waals surface area contributed by atoms with Crippen LogP contribution >= 0.6 is 11.3 Å². The van der Waals surface area contributed by atoms with Crippen LogP contribution in [0.3, 0.4) is 0 Å². The van der Waals surface area contributed by atoms with Crippen molar-refractivity contribution in [2.75, 3.05) is 0 Å². The van der Waals surface area contributed by atoms with Crippen molar-refractivity contribution in [1.29, 1.82) is 0 Å². The summed E-state index contributed by atoms with van der Waals surface area (Å²) in [5, 5.41) is 19.4. The smallest absolute Gasteiger partial charge is 0.324 e. The van der Waals surface area contributed by atoms with E-state index in [-0.39, 0.29) is 5.00 Å². The van der Waals surface area contributed by atoms with Crippen LogP contribution in [0.5, 0.6) is 0 Å². The van der Waals surface area contributed by atoms with Gasteiger partial charge in [0.15, 0.2) is 0 Å². The lowest BCUT2D eigenvalue weighted by molar-refractivity contribution is -0.380. The van der Waals surface area contributed by atoms with Crippen LogP contribution < -0.4 is 0 Å².